The van der Waals surface area contributed by atoms with Gasteiger partial charge >= 0.3 is 0 Å². The topological polar surface area (TPSA) is 63.1 Å². The first-order valence-corrected chi connectivity index (χ1v) is 9.34. The number of benzene rings is 1. The molecule has 0 saturated heterocycles. The van der Waals surface area contributed by atoms with Crippen LogP contribution in [0.4, 0.5) is 0 Å². The van der Waals surface area contributed by atoms with Crippen molar-refractivity contribution in [3.05, 3.63) is 66.6 Å². The van der Waals surface area contributed by atoms with Crippen molar-refractivity contribution in [2.24, 2.45) is 5.41 Å². The van der Waals surface area contributed by atoms with Crippen molar-refractivity contribution in [2.45, 2.75) is 13.8 Å². The summed E-state index contributed by atoms with van der Waals surface area (Å²) in [6, 6.07) is 13.5. The Hall–Kier alpha value is -2.99. The van der Waals surface area contributed by atoms with Gasteiger partial charge in [0.2, 0.25) is 0 Å². The molecule has 28 heavy (non-hydrogen) atoms. The van der Waals surface area contributed by atoms with Gasteiger partial charge in [-0.05, 0) is 43.8 Å². The lowest BCUT2D eigenvalue weighted by atomic mass is 9.93. The molecule has 0 spiro atoms. The van der Waals surface area contributed by atoms with Gasteiger partial charge in [-0.1, -0.05) is 32.0 Å². The van der Waals surface area contributed by atoms with Crippen LogP contribution in [0.15, 0.2) is 61.1 Å². The van der Waals surface area contributed by atoms with Gasteiger partial charge in [0, 0.05) is 37.2 Å². The van der Waals surface area contributed by atoms with Crippen molar-refractivity contribution in [1.29, 1.82) is 0 Å². The second kappa shape index (κ2) is 8.35. The quantitative estimate of drug-likeness (QED) is 0.686. The third-order valence-electron chi connectivity index (χ3n) is 4.39. The molecule has 0 atom stereocenters. The van der Waals surface area contributed by atoms with Gasteiger partial charge in [-0.3, -0.25) is 9.78 Å². The number of hydrogen-bond acceptors (Lipinski definition) is 4. The lowest BCUT2D eigenvalue weighted by Gasteiger charge is -2.28. The molecule has 6 nitrogen and oxygen atoms in total. The Kier molecular flexibility index (Phi) is 5.90. The summed E-state index contributed by atoms with van der Waals surface area (Å²) < 4.78 is 1.74. The smallest absolute Gasteiger partial charge is 0.255 e. The summed E-state index contributed by atoms with van der Waals surface area (Å²) in [4.78, 5) is 19.3. The Balaban J connectivity index is 1.90. The zero-order valence-electron chi connectivity index (χ0n) is 16.9. The van der Waals surface area contributed by atoms with Crippen molar-refractivity contribution in [3.63, 3.8) is 0 Å². The highest BCUT2D eigenvalue weighted by Crippen LogP contribution is 2.23. The van der Waals surface area contributed by atoms with E-state index < -0.39 is 0 Å². The summed E-state index contributed by atoms with van der Waals surface area (Å²) in [5.41, 5.74) is 2.84. The number of rotatable bonds is 7. The molecule has 0 saturated carbocycles. The van der Waals surface area contributed by atoms with E-state index in [-0.39, 0.29) is 11.3 Å². The molecular formula is C22H27N5O. The monoisotopic (exact) mass is 377 g/mol. The number of aromatic nitrogens is 3. The predicted molar refractivity (Wildman–Crippen MR) is 111 cm³/mol. The van der Waals surface area contributed by atoms with Crippen LogP contribution in [-0.4, -0.2) is 52.8 Å². The van der Waals surface area contributed by atoms with Crippen LogP contribution in [0.25, 0.3) is 16.9 Å². The average molecular weight is 377 g/mol. The minimum Gasteiger partial charge on any atom is -0.351 e. The largest absolute Gasteiger partial charge is 0.351 e. The Labute approximate surface area is 166 Å². The maximum absolute atomic E-state index is 13.0. The zero-order chi connectivity index (χ0) is 20.1. The minimum absolute atomic E-state index is 0.0386. The van der Waals surface area contributed by atoms with Crippen LogP contribution < -0.4 is 5.32 Å². The number of nitrogens with one attached hydrogen (secondary N) is 1. The maximum Gasteiger partial charge on any atom is 0.255 e. The Morgan fingerprint density at radius 3 is 2.54 bits per heavy atom. The summed E-state index contributed by atoms with van der Waals surface area (Å²) in [6.45, 7) is 5.74. The van der Waals surface area contributed by atoms with Crippen LogP contribution in [0.2, 0.25) is 0 Å². The minimum atomic E-state index is -0.132. The third-order valence-corrected chi connectivity index (χ3v) is 4.39. The number of carbonyl (C=O) groups is 1. The van der Waals surface area contributed by atoms with E-state index in [0.717, 1.165) is 17.8 Å². The van der Waals surface area contributed by atoms with E-state index in [4.69, 9.17) is 0 Å². The Morgan fingerprint density at radius 1 is 1.14 bits per heavy atom. The number of pyridine rings is 1. The second-order valence-electron chi connectivity index (χ2n) is 8.00. The SMILES string of the molecule is CN(C)CC(C)(C)CNC(=O)c1cn(-c2ccccc2)nc1-c1cccnc1. The fourth-order valence-corrected chi connectivity index (χ4v) is 3.30. The first-order chi connectivity index (χ1) is 13.4. The van der Waals surface area contributed by atoms with Crippen molar-refractivity contribution in [2.75, 3.05) is 27.2 Å². The molecular weight excluding hydrogens is 350 g/mol. The molecule has 1 aromatic carbocycles. The van der Waals surface area contributed by atoms with Gasteiger partial charge in [0.1, 0.15) is 5.69 Å². The summed E-state index contributed by atoms with van der Waals surface area (Å²) in [5, 5.41) is 7.75. The fraction of sp³-hybridized carbons (Fsp3) is 0.318. The number of nitrogens with zero attached hydrogens (tertiary/aromatic N) is 4. The first kappa shape index (κ1) is 19.8. The van der Waals surface area contributed by atoms with Crippen LogP contribution in [0.5, 0.6) is 0 Å². The highest BCUT2D eigenvalue weighted by Gasteiger charge is 2.23. The third kappa shape index (κ3) is 4.84. The van der Waals surface area contributed by atoms with Gasteiger partial charge < -0.3 is 10.2 Å². The Bertz CT molecular complexity index is 917. The molecule has 0 aliphatic carbocycles. The fourth-order valence-electron chi connectivity index (χ4n) is 3.30. The number of para-hydroxylation sites is 1. The van der Waals surface area contributed by atoms with Gasteiger partial charge in [-0.25, -0.2) is 4.68 Å². The first-order valence-electron chi connectivity index (χ1n) is 9.34. The maximum atomic E-state index is 13.0. The average Bonchev–Trinajstić information content (AvgIpc) is 3.12. The lowest BCUT2D eigenvalue weighted by molar-refractivity contribution is 0.0930. The van der Waals surface area contributed by atoms with E-state index in [1.807, 2.05) is 56.6 Å². The van der Waals surface area contributed by atoms with Gasteiger partial charge in [-0.2, -0.15) is 5.10 Å². The van der Waals surface area contributed by atoms with Crippen LogP contribution in [0.1, 0.15) is 24.2 Å². The van der Waals surface area contributed by atoms with Crippen molar-refractivity contribution < 1.29 is 4.79 Å². The molecule has 0 unspecified atom stereocenters. The summed E-state index contributed by atoms with van der Waals surface area (Å²) in [6.07, 6.45) is 5.22. The molecule has 6 heteroatoms. The molecule has 2 aromatic heterocycles. The standard InChI is InChI=1S/C22H27N5O/c1-22(2,16-26(3)4)15-24-21(28)19-14-27(18-10-6-5-7-11-18)25-20(19)17-9-8-12-23-13-17/h5-14H,15-16H2,1-4H3,(H,24,28). The van der Waals surface area contributed by atoms with Gasteiger partial charge in [0.25, 0.3) is 5.91 Å². The second-order valence-corrected chi connectivity index (χ2v) is 8.00. The summed E-state index contributed by atoms with van der Waals surface area (Å²) >= 11 is 0. The van der Waals surface area contributed by atoms with E-state index in [1.165, 1.54) is 0 Å². The molecule has 2 heterocycles. The van der Waals surface area contributed by atoms with Gasteiger partial charge in [0.15, 0.2) is 0 Å². The molecule has 0 radical (unpaired) electrons. The van der Waals surface area contributed by atoms with E-state index in [1.54, 1.807) is 23.3 Å². The van der Waals surface area contributed by atoms with Crippen molar-refractivity contribution in [1.82, 2.24) is 25.0 Å². The molecule has 1 N–H and O–H groups in total. The number of hydrogen-bond donors (Lipinski definition) is 1. The van der Waals surface area contributed by atoms with Crippen LogP contribution in [0, 0.1) is 5.41 Å². The molecule has 0 aliphatic heterocycles. The van der Waals surface area contributed by atoms with Gasteiger partial charge in [-0.15, -0.1) is 0 Å². The molecule has 0 fully saturated rings. The van der Waals surface area contributed by atoms with Crippen LogP contribution in [-0.2, 0) is 0 Å². The van der Waals surface area contributed by atoms with Crippen molar-refractivity contribution >= 4 is 5.91 Å². The summed E-state index contributed by atoms with van der Waals surface area (Å²) in [7, 11) is 4.07. The lowest BCUT2D eigenvalue weighted by Crippen LogP contribution is -2.40. The van der Waals surface area contributed by atoms with E-state index >= 15 is 0 Å². The van der Waals surface area contributed by atoms with Crippen molar-refractivity contribution in [3.8, 4) is 16.9 Å². The van der Waals surface area contributed by atoms with E-state index in [9.17, 15) is 4.79 Å². The normalized spacial score (nSPS) is 11.6. The van der Waals surface area contributed by atoms with Crippen LogP contribution >= 0.6 is 0 Å². The van der Waals surface area contributed by atoms with Gasteiger partial charge in [0.05, 0.1) is 11.3 Å². The molecule has 0 bridgehead atoms. The molecule has 3 rings (SSSR count). The van der Waals surface area contributed by atoms with Crippen LogP contribution in [0.3, 0.4) is 0 Å². The number of amides is 1. The highest BCUT2D eigenvalue weighted by atomic mass is 16.1. The molecule has 3 aromatic rings. The molecule has 1 amide bonds. The predicted octanol–water partition coefficient (Wildman–Crippen LogP) is 3.25. The van der Waals surface area contributed by atoms with E-state index in [2.05, 4.69) is 34.1 Å². The summed E-state index contributed by atoms with van der Waals surface area (Å²) in [5.74, 6) is -0.132. The van der Waals surface area contributed by atoms with E-state index in [0.29, 0.717) is 17.8 Å². The Morgan fingerprint density at radius 2 is 1.89 bits per heavy atom. The zero-order valence-corrected chi connectivity index (χ0v) is 16.9. The highest BCUT2D eigenvalue weighted by molar-refractivity contribution is 5.99. The molecule has 146 valence electrons. The molecule has 0 aliphatic rings. The number of carbonyl (C=O) groups excluding carboxylic acids is 1.